The molecular weight excluding hydrogens is 575 g/mol. The Morgan fingerprint density at radius 2 is 1.77 bits per heavy atom. The lowest BCUT2D eigenvalue weighted by molar-refractivity contribution is -0.126. The number of allylic oxidation sites excluding steroid dienone is 4. The maximum Gasteiger partial charge on any atom is 0.328 e. The average molecular weight is 615 g/mol. The fourth-order valence-corrected chi connectivity index (χ4v) is 5.63. The molecule has 230 valence electrons. The van der Waals surface area contributed by atoms with Crippen molar-refractivity contribution in [1.29, 1.82) is 0 Å². The molecule has 2 aromatic carbocycles. The molecule has 0 fully saturated rings. The minimum atomic E-state index is -3.89. The molecule has 0 bridgehead atoms. The van der Waals surface area contributed by atoms with Crippen LogP contribution in [0, 0.1) is 0 Å². The maximum atomic E-state index is 13.7. The number of aromatic nitrogens is 2. The molecule has 0 aliphatic carbocycles. The van der Waals surface area contributed by atoms with Crippen molar-refractivity contribution in [2.75, 3.05) is 27.7 Å². The quantitative estimate of drug-likeness (QED) is 0.0927. The van der Waals surface area contributed by atoms with Gasteiger partial charge in [0, 0.05) is 46.6 Å². The number of likely N-dealkylation sites (N-methyl/N-ethyl adjacent to an activating group) is 1. The Hall–Kier alpha value is -4.79. The summed E-state index contributed by atoms with van der Waals surface area (Å²) in [5.74, 6) is -0.264. The third kappa shape index (κ3) is 8.40. The molecule has 0 aliphatic heterocycles. The van der Waals surface area contributed by atoms with Crippen molar-refractivity contribution in [2.45, 2.75) is 20.4 Å². The van der Waals surface area contributed by atoms with E-state index in [1.165, 1.54) is 39.9 Å². The van der Waals surface area contributed by atoms with E-state index in [2.05, 4.69) is 16.7 Å². The predicted octanol–water partition coefficient (Wildman–Crippen LogP) is 4.70. The van der Waals surface area contributed by atoms with Gasteiger partial charge in [0.15, 0.2) is 5.82 Å². The summed E-state index contributed by atoms with van der Waals surface area (Å²) in [6, 6.07) is 16.7. The lowest BCUT2D eigenvalue weighted by Gasteiger charge is -2.31. The highest BCUT2D eigenvalue weighted by Crippen LogP contribution is 2.40. The normalized spacial score (nSPS) is 14.0. The van der Waals surface area contributed by atoms with E-state index >= 15 is 0 Å². The van der Waals surface area contributed by atoms with Gasteiger partial charge in [0.1, 0.15) is 12.0 Å². The molecule has 1 N–H and O–H groups in total. The molecule has 10 nitrogen and oxygen atoms in total. The van der Waals surface area contributed by atoms with E-state index in [1.54, 1.807) is 38.4 Å². The molecule has 1 atom stereocenters. The monoisotopic (exact) mass is 614 g/mol. The second kappa shape index (κ2) is 15.6. The van der Waals surface area contributed by atoms with Crippen molar-refractivity contribution in [3.05, 3.63) is 126 Å². The van der Waals surface area contributed by atoms with E-state index in [9.17, 15) is 19.0 Å². The summed E-state index contributed by atoms with van der Waals surface area (Å²) in [4.78, 5) is 48.6. The number of carbonyl (C=O) groups excluding carboxylic acids is 2. The number of imidazole rings is 1. The summed E-state index contributed by atoms with van der Waals surface area (Å²) >= 11 is 0. The van der Waals surface area contributed by atoms with Crippen LogP contribution in [0.2, 0.25) is 0 Å². The Balaban J connectivity index is 2.12. The van der Waals surface area contributed by atoms with Gasteiger partial charge in [-0.2, -0.15) is 0 Å². The molecule has 2 amide bonds. The highest BCUT2D eigenvalue weighted by molar-refractivity contribution is 7.64. The van der Waals surface area contributed by atoms with Gasteiger partial charge >= 0.3 is 7.52 Å². The van der Waals surface area contributed by atoms with Gasteiger partial charge < -0.3 is 19.6 Å². The first-order valence-corrected chi connectivity index (χ1v) is 15.5. The van der Waals surface area contributed by atoms with E-state index in [0.717, 1.165) is 22.3 Å². The second-order valence-electron chi connectivity index (χ2n) is 10.2. The summed E-state index contributed by atoms with van der Waals surface area (Å²) in [6.45, 7) is 8.08. The number of hydrogen-bond donors (Lipinski definition) is 1. The van der Waals surface area contributed by atoms with Gasteiger partial charge in [-0.15, -0.1) is 0 Å². The fourth-order valence-electron chi connectivity index (χ4n) is 4.39. The maximum absolute atomic E-state index is 13.7. The minimum absolute atomic E-state index is 0.103. The fraction of sp³-hybridized carbons (Fsp3) is 0.212. The van der Waals surface area contributed by atoms with Gasteiger partial charge in [-0.1, -0.05) is 66.8 Å². The number of amides is 2. The van der Waals surface area contributed by atoms with Crippen molar-refractivity contribution in [3.63, 3.8) is 0 Å². The molecule has 1 unspecified atom stereocenters. The molecule has 1 aromatic heterocycles. The summed E-state index contributed by atoms with van der Waals surface area (Å²) < 4.78 is 14.3. The van der Waals surface area contributed by atoms with Crippen LogP contribution in [0.4, 0.5) is 0 Å². The predicted molar refractivity (Wildman–Crippen MR) is 176 cm³/mol. The summed E-state index contributed by atoms with van der Waals surface area (Å²) in [5, 5.41) is 0.232. The topological polar surface area (TPSA) is 111 Å². The first kappa shape index (κ1) is 33.7. The van der Waals surface area contributed by atoms with Crippen molar-refractivity contribution in [1.82, 2.24) is 24.0 Å². The number of carbonyl (C=O) groups is 2. The Labute approximate surface area is 259 Å². The van der Waals surface area contributed by atoms with Crippen LogP contribution in [0.1, 0.15) is 25.0 Å². The molecule has 11 heteroatoms. The number of nitrogens with zero attached hydrogens (tertiary/aromatic N) is 6. The molecule has 0 spiro atoms. The van der Waals surface area contributed by atoms with Crippen molar-refractivity contribution in [2.24, 2.45) is 4.99 Å². The Morgan fingerprint density at radius 1 is 1.09 bits per heavy atom. The zero-order chi connectivity index (χ0) is 32.3. The van der Waals surface area contributed by atoms with Crippen molar-refractivity contribution < 1.29 is 19.0 Å². The van der Waals surface area contributed by atoms with Gasteiger partial charge in [0.25, 0.3) is 5.91 Å². The van der Waals surface area contributed by atoms with Crippen LogP contribution < -0.4 is 5.30 Å². The Kier molecular flexibility index (Phi) is 12.0. The molecule has 3 rings (SSSR count). The SMILES string of the molecule is C=N/C(=C(/C(=O)N(C)C)N(CC(/C=C\C)=C/C=C(\C)c1ccccc1)Cc1ccc(P(=O)(O)n2ccnc2)cc1)N(C)C=O. The van der Waals surface area contributed by atoms with Crippen LogP contribution in [0.25, 0.3) is 5.57 Å². The van der Waals surface area contributed by atoms with Gasteiger partial charge in [-0.3, -0.25) is 18.5 Å². The van der Waals surface area contributed by atoms with Gasteiger partial charge in [-0.25, -0.2) is 9.98 Å². The van der Waals surface area contributed by atoms with Crippen LogP contribution in [-0.4, -0.2) is 75.6 Å². The van der Waals surface area contributed by atoms with E-state index in [-0.39, 0.29) is 35.8 Å². The Bertz CT molecular complexity index is 1610. The zero-order valence-corrected chi connectivity index (χ0v) is 26.6. The number of rotatable bonds is 14. The molecule has 0 saturated carbocycles. The lowest BCUT2D eigenvalue weighted by atomic mass is 10.1. The minimum Gasteiger partial charge on any atom is -0.355 e. The number of hydrogen-bond acceptors (Lipinski definition) is 6. The van der Waals surface area contributed by atoms with Crippen molar-refractivity contribution in [3.8, 4) is 0 Å². The van der Waals surface area contributed by atoms with Crippen LogP contribution in [0.5, 0.6) is 0 Å². The standard InChI is InChI=1S/C33H39N6O4P/c1-7-11-27(15-14-26(2)29-12-9-8-10-13-29)22-38(31(33(41)36(4)5)32(34-3)37(6)25-40)23-28-16-18-30(19-17-28)44(42,43)39-21-20-35-24-39/h7-21,24-25H,3,22-23H2,1-2,4-6H3,(H,42,43)/b11-7-,26-14+,27-15+,32-31+. The Morgan fingerprint density at radius 3 is 2.32 bits per heavy atom. The molecule has 44 heavy (non-hydrogen) atoms. The molecule has 0 aliphatic rings. The number of benzene rings is 2. The summed E-state index contributed by atoms with van der Waals surface area (Å²) in [6.07, 6.45) is 12.7. The average Bonchev–Trinajstić information content (AvgIpc) is 3.58. The van der Waals surface area contributed by atoms with Crippen LogP contribution >= 0.6 is 7.52 Å². The van der Waals surface area contributed by atoms with E-state index in [0.29, 0.717) is 6.41 Å². The largest absolute Gasteiger partial charge is 0.355 e. The van der Waals surface area contributed by atoms with Crippen LogP contribution in [0.3, 0.4) is 0 Å². The third-order valence-corrected chi connectivity index (χ3v) is 8.59. The molecule has 0 radical (unpaired) electrons. The summed E-state index contributed by atoms with van der Waals surface area (Å²) in [7, 11) is 0.874. The van der Waals surface area contributed by atoms with Crippen LogP contribution in [0.15, 0.2) is 120 Å². The molecular formula is C33H39N6O4P. The summed E-state index contributed by atoms with van der Waals surface area (Å²) in [5.41, 5.74) is 3.98. The zero-order valence-electron chi connectivity index (χ0n) is 25.7. The van der Waals surface area contributed by atoms with Crippen LogP contribution in [-0.2, 0) is 20.7 Å². The van der Waals surface area contributed by atoms with Gasteiger partial charge in [-0.05, 0) is 55.0 Å². The highest BCUT2D eigenvalue weighted by atomic mass is 31.2. The first-order valence-electron chi connectivity index (χ1n) is 13.9. The second-order valence-corrected chi connectivity index (χ2v) is 12.3. The number of aliphatic imine (C=N–C) groups is 1. The molecule has 0 saturated heterocycles. The van der Waals surface area contributed by atoms with Gasteiger partial charge in [0.05, 0.1) is 5.30 Å². The van der Waals surface area contributed by atoms with E-state index in [4.69, 9.17) is 0 Å². The molecule has 1 heterocycles. The van der Waals surface area contributed by atoms with Crippen molar-refractivity contribution >= 4 is 37.4 Å². The third-order valence-electron chi connectivity index (χ3n) is 6.76. The first-order chi connectivity index (χ1) is 21.0. The molecule has 3 aromatic rings. The van der Waals surface area contributed by atoms with E-state index in [1.807, 2.05) is 73.4 Å². The lowest BCUT2D eigenvalue weighted by Crippen LogP contribution is -2.38. The highest BCUT2D eigenvalue weighted by Gasteiger charge is 2.27. The smallest absolute Gasteiger partial charge is 0.328 e. The van der Waals surface area contributed by atoms with Gasteiger partial charge in [0.2, 0.25) is 6.41 Å². The van der Waals surface area contributed by atoms with E-state index < -0.39 is 7.52 Å².